The molecule has 29 heavy (non-hydrogen) atoms. The maximum atomic E-state index is 13.2. The number of hydrogen-bond donors (Lipinski definition) is 1. The van der Waals surface area contributed by atoms with Gasteiger partial charge in [-0.2, -0.15) is 0 Å². The lowest BCUT2D eigenvalue weighted by molar-refractivity contribution is -0.137. The van der Waals surface area contributed by atoms with Crippen LogP contribution in [0.1, 0.15) is 18.1 Å². The fourth-order valence-corrected chi connectivity index (χ4v) is 2.65. The number of anilines is 1. The number of nitrogens with one attached hydrogen (secondary N) is 1. The molecule has 1 N–H and O–H groups in total. The minimum Gasteiger partial charge on any atom is -0.489 e. The highest BCUT2D eigenvalue weighted by atomic mass is 19.1. The van der Waals surface area contributed by atoms with Crippen molar-refractivity contribution in [2.24, 2.45) is 0 Å². The van der Waals surface area contributed by atoms with E-state index in [0.29, 0.717) is 18.0 Å². The van der Waals surface area contributed by atoms with Crippen LogP contribution in [-0.4, -0.2) is 12.6 Å². The Labute approximate surface area is 169 Å². The number of ether oxygens (including phenoxy) is 2. The fourth-order valence-electron chi connectivity index (χ4n) is 2.65. The highest BCUT2D eigenvalue weighted by Gasteiger charge is 2.08. The summed E-state index contributed by atoms with van der Waals surface area (Å²) in [6, 6.07) is 23.2. The molecule has 0 heterocycles. The van der Waals surface area contributed by atoms with Gasteiger partial charge in [0.15, 0.2) is 0 Å². The first-order valence-corrected chi connectivity index (χ1v) is 9.32. The molecule has 0 aliphatic heterocycles. The Kier molecular flexibility index (Phi) is 7.00. The summed E-state index contributed by atoms with van der Waals surface area (Å²) in [6.45, 7) is 2.50. The van der Waals surface area contributed by atoms with E-state index in [2.05, 4.69) is 5.32 Å². The number of benzene rings is 3. The predicted molar refractivity (Wildman–Crippen MR) is 112 cm³/mol. The van der Waals surface area contributed by atoms with Crippen LogP contribution < -0.4 is 10.1 Å². The molecular weight excluding hydrogens is 369 g/mol. The fraction of sp³-hybridized carbons (Fsp3) is 0.125. The first-order valence-electron chi connectivity index (χ1n) is 9.32. The zero-order valence-electron chi connectivity index (χ0n) is 16.1. The van der Waals surface area contributed by atoms with Gasteiger partial charge in [0.1, 0.15) is 18.2 Å². The molecule has 0 aromatic heterocycles. The van der Waals surface area contributed by atoms with Crippen molar-refractivity contribution < 1.29 is 18.7 Å². The Balaban J connectivity index is 1.75. The standard InChI is InChI=1S/C24H22FNO3/c1-2-28-24(27)16-23(26-21-12-10-20(25)11-13-21)19-8-14-22(15-9-19)29-17-18-6-4-3-5-7-18/h3-16,26H,2,17H2,1H3/b23-16-. The van der Waals surface area contributed by atoms with Crippen molar-refractivity contribution in [3.05, 3.63) is 102 Å². The zero-order valence-corrected chi connectivity index (χ0v) is 16.1. The van der Waals surface area contributed by atoms with E-state index in [4.69, 9.17) is 9.47 Å². The topological polar surface area (TPSA) is 47.6 Å². The number of halogens is 1. The molecule has 3 rings (SSSR count). The molecule has 0 saturated carbocycles. The largest absolute Gasteiger partial charge is 0.489 e. The molecule has 3 aromatic rings. The van der Waals surface area contributed by atoms with Gasteiger partial charge in [-0.05, 0) is 66.6 Å². The van der Waals surface area contributed by atoms with Crippen LogP contribution in [-0.2, 0) is 16.1 Å². The Morgan fingerprint density at radius 3 is 2.31 bits per heavy atom. The van der Waals surface area contributed by atoms with Gasteiger partial charge in [-0.1, -0.05) is 30.3 Å². The van der Waals surface area contributed by atoms with E-state index in [0.717, 1.165) is 16.9 Å². The first-order chi connectivity index (χ1) is 14.1. The number of hydrogen-bond acceptors (Lipinski definition) is 4. The summed E-state index contributed by atoms with van der Waals surface area (Å²) in [5.41, 5.74) is 3.06. The molecule has 4 nitrogen and oxygen atoms in total. The van der Waals surface area contributed by atoms with E-state index in [1.165, 1.54) is 18.2 Å². The number of carbonyl (C=O) groups is 1. The van der Waals surface area contributed by atoms with E-state index in [-0.39, 0.29) is 12.4 Å². The first kappa shape index (κ1) is 20.1. The van der Waals surface area contributed by atoms with E-state index in [9.17, 15) is 9.18 Å². The number of esters is 1. The van der Waals surface area contributed by atoms with Crippen molar-refractivity contribution >= 4 is 17.4 Å². The van der Waals surface area contributed by atoms with Crippen LogP contribution in [0.4, 0.5) is 10.1 Å². The summed E-state index contributed by atoms with van der Waals surface area (Å²) in [5, 5.41) is 3.14. The van der Waals surface area contributed by atoms with Crippen LogP contribution in [0.5, 0.6) is 5.75 Å². The molecule has 0 fully saturated rings. The summed E-state index contributed by atoms with van der Waals surface area (Å²) in [5.74, 6) is -0.0669. The van der Waals surface area contributed by atoms with Gasteiger partial charge in [-0.3, -0.25) is 0 Å². The molecule has 3 aromatic carbocycles. The van der Waals surface area contributed by atoms with Crippen molar-refractivity contribution in [1.82, 2.24) is 0 Å². The summed E-state index contributed by atoms with van der Waals surface area (Å²) in [4.78, 5) is 12.0. The summed E-state index contributed by atoms with van der Waals surface area (Å²) < 4.78 is 24.0. The molecule has 0 aliphatic carbocycles. The van der Waals surface area contributed by atoms with E-state index < -0.39 is 5.97 Å². The molecule has 5 heteroatoms. The van der Waals surface area contributed by atoms with Crippen molar-refractivity contribution in [1.29, 1.82) is 0 Å². The lowest BCUT2D eigenvalue weighted by Gasteiger charge is -2.13. The average Bonchev–Trinajstić information content (AvgIpc) is 2.75. The van der Waals surface area contributed by atoms with Gasteiger partial charge in [0.05, 0.1) is 12.3 Å². The summed E-state index contributed by atoms with van der Waals surface area (Å²) in [7, 11) is 0. The van der Waals surface area contributed by atoms with Crippen molar-refractivity contribution in [2.75, 3.05) is 11.9 Å². The van der Waals surface area contributed by atoms with Crippen LogP contribution in [0.25, 0.3) is 5.70 Å². The molecule has 0 amide bonds. The molecule has 0 saturated heterocycles. The third-order valence-electron chi connectivity index (χ3n) is 4.09. The lowest BCUT2D eigenvalue weighted by atomic mass is 10.1. The highest BCUT2D eigenvalue weighted by molar-refractivity contribution is 5.94. The van der Waals surface area contributed by atoms with Gasteiger partial charge < -0.3 is 14.8 Å². The second kappa shape index (κ2) is 10.1. The van der Waals surface area contributed by atoms with Gasteiger partial charge in [0.25, 0.3) is 0 Å². The molecule has 0 unspecified atom stereocenters. The minimum atomic E-state index is -0.457. The van der Waals surface area contributed by atoms with Gasteiger partial charge >= 0.3 is 5.97 Å². The van der Waals surface area contributed by atoms with Crippen LogP contribution in [0, 0.1) is 5.82 Å². The molecule has 0 radical (unpaired) electrons. The zero-order chi connectivity index (χ0) is 20.5. The predicted octanol–water partition coefficient (Wildman–Crippen LogP) is 5.42. The summed E-state index contributed by atoms with van der Waals surface area (Å²) in [6.07, 6.45) is 1.38. The maximum Gasteiger partial charge on any atom is 0.332 e. The van der Waals surface area contributed by atoms with E-state index in [1.807, 2.05) is 54.6 Å². The second-order valence-electron chi connectivity index (χ2n) is 6.24. The Hall–Kier alpha value is -3.60. The minimum absolute atomic E-state index is 0.283. The van der Waals surface area contributed by atoms with Gasteiger partial charge in [-0.25, -0.2) is 9.18 Å². The van der Waals surface area contributed by atoms with E-state index in [1.54, 1.807) is 19.1 Å². The molecule has 0 spiro atoms. The van der Waals surface area contributed by atoms with Crippen LogP contribution in [0.15, 0.2) is 84.9 Å². The molecule has 0 bridgehead atoms. The normalized spacial score (nSPS) is 11.0. The third-order valence-corrected chi connectivity index (χ3v) is 4.09. The third kappa shape index (κ3) is 6.21. The maximum absolute atomic E-state index is 13.2. The van der Waals surface area contributed by atoms with Crippen LogP contribution >= 0.6 is 0 Å². The Bertz CT molecular complexity index is 952. The van der Waals surface area contributed by atoms with Crippen molar-refractivity contribution in [3.8, 4) is 5.75 Å². The van der Waals surface area contributed by atoms with Crippen molar-refractivity contribution in [3.63, 3.8) is 0 Å². The molecule has 0 aliphatic rings. The van der Waals surface area contributed by atoms with Gasteiger partial charge in [0.2, 0.25) is 0 Å². The number of rotatable bonds is 8. The van der Waals surface area contributed by atoms with Crippen LogP contribution in [0.2, 0.25) is 0 Å². The summed E-state index contributed by atoms with van der Waals surface area (Å²) >= 11 is 0. The van der Waals surface area contributed by atoms with E-state index >= 15 is 0 Å². The van der Waals surface area contributed by atoms with Crippen LogP contribution in [0.3, 0.4) is 0 Å². The molecule has 148 valence electrons. The lowest BCUT2D eigenvalue weighted by Crippen LogP contribution is -2.06. The Morgan fingerprint density at radius 1 is 0.966 bits per heavy atom. The second-order valence-corrected chi connectivity index (χ2v) is 6.24. The molecule has 0 atom stereocenters. The van der Waals surface area contributed by atoms with Gasteiger partial charge in [0, 0.05) is 11.8 Å². The average molecular weight is 391 g/mol. The Morgan fingerprint density at radius 2 is 1.66 bits per heavy atom. The molecular formula is C24H22FNO3. The number of carbonyl (C=O) groups excluding carboxylic acids is 1. The SMILES string of the molecule is CCOC(=O)/C=C(\Nc1ccc(F)cc1)c1ccc(OCc2ccccc2)cc1. The quantitative estimate of drug-likeness (QED) is 0.411. The van der Waals surface area contributed by atoms with Crippen molar-refractivity contribution in [2.45, 2.75) is 13.5 Å². The van der Waals surface area contributed by atoms with Gasteiger partial charge in [-0.15, -0.1) is 0 Å². The monoisotopic (exact) mass is 391 g/mol. The highest BCUT2D eigenvalue weighted by Crippen LogP contribution is 2.22. The smallest absolute Gasteiger partial charge is 0.332 e.